The molecule has 0 unspecified atom stereocenters. The van der Waals surface area contributed by atoms with E-state index in [-0.39, 0.29) is 28.7 Å². The molecule has 1 aliphatic rings. The average molecular weight is 721 g/mol. The van der Waals surface area contributed by atoms with Gasteiger partial charge in [-0.05, 0) is 53.9 Å². The monoisotopic (exact) mass is 720 g/mol. The van der Waals surface area contributed by atoms with Gasteiger partial charge in [-0.1, -0.05) is 66.7 Å². The molecule has 1 aliphatic heterocycles. The number of amides is 1. The molecule has 7 rings (SSSR count). The Bertz CT molecular complexity index is 2390. The highest BCUT2D eigenvalue weighted by atomic mass is 32.2. The third-order valence-corrected chi connectivity index (χ3v) is 12.1. The molecule has 0 spiro atoms. The fourth-order valence-electron chi connectivity index (χ4n) is 6.41. The van der Waals surface area contributed by atoms with Gasteiger partial charge in [0.15, 0.2) is 0 Å². The number of fused-ring (bicyclic) bond motifs is 2. The minimum Gasteiger partial charge on any atom is -0.368 e. The molecule has 0 aliphatic carbocycles. The van der Waals surface area contributed by atoms with Crippen molar-refractivity contribution in [1.82, 2.24) is 24.3 Å². The van der Waals surface area contributed by atoms with Crippen molar-refractivity contribution in [2.24, 2.45) is 0 Å². The normalized spacial score (nSPS) is 14.5. The predicted molar refractivity (Wildman–Crippen MR) is 197 cm³/mol. The van der Waals surface area contributed by atoms with Gasteiger partial charge < -0.3 is 9.80 Å². The van der Waals surface area contributed by atoms with E-state index in [9.17, 15) is 21.6 Å². The summed E-state index contributed by atoms with van der Waals surface area (Å²) in [6, 6.07) is 29.4. The lowest BCUT2D eigenvalue weighted by molar-refractivity contribution is -0.133. The topological polar surface area (TPSA) is 142 Å². The highest BCUT2D eigenvalue weighted by Gasteiger charge is 2.32. The van der Waals surface area contributed by atoms with E-state index >= 15 is 0 Å². The summed E-state index contributed by atoms with van der Waals surface area (Å²) in [6.45, 7) is 2.16. The first kappa shape index (κ1) is 34.2. The molecular formula is C38H36N6O5S2. The maximum atomic E-state index is 14.1. The second-order valence-corrected chi connectivity index (χ2v) is 15.8. The van der Waals surface area contributed by atoms with Crippen LogP contribution in [-0.2, 0) is 37.8 Å². The van der Waals surface area contributed by atoms with Crippen LogP contribution < -0.4 is 14.3 Å². The molecule has 4 aromatic carbocycles. The molecule has 1 fully saturated rings. The molecule has 51 heavy (non-hydrogen) atoms. The Kier molecular flexibility index (Phi) is 9.78. The van der Waals surface area contributed by atoms with E-state index in [4.69, 9.17) is 0 Å². The summed E-state index contributed by atoms with van der Waals surface area (Å²) in [5, 5.41) is 2.48. The van der Waals surface area contributed by atoms with Crippen LogP contribution in [0.5, 0.6) is 0 Å². The van der Waals surface area contributed by atoms with Crippen LogP contribution in [-0.4, -0.2) is 69.8 Å². The first-order valence-electron chi connectivity index (χ1n) is 16.5. The van der Waals surface area contributed by atoms with Gasteiger partial charge in [-0.25, -0.2) is 21.6 Å². The highest BCUT2D eigenvalue weighted by Crippen LogP contribution is 2.25. The maximum Gasteiger partial charge on any atom is 0.241 e. The Labute approximate surface area is 297 Å². The molecule has 13 heteroatoms. The van der Waals surface area contributed by atoms with Gasteiger partial charge in [0.1, 0.15) is 6.04 Å². The number of carbonyl (C=O) groups excluding carboxylic acids is 1. The molecule has 260 valence electrons. The Balaban J connectivity index is 1.09. The van der Waals surface area contributed by atoms with Crippen LogP contribution in [0.3, 0.4) is 0 Å². The lowest BCUT2D eigenvalue weighted by Crippen LogP contribution is -2.55. The molecule has 0 bridgehead atoms. The Morgan fingerprint density at radius 1 is 0.647 bits per heavy atom. The average Bonchev–Trinajstić information content (AvgIpc) is 3.17. The summed E-state index contributed by atoms with van der Waals surface area (Å²) in [5.74, 6) is -0.310. The van der Waals surface area contributed by atoms with E-state index in [2.05, 4.69) is 24.3 Å². The van der Waals surface area contributed by atoms with Crippen molar-refractivity contribution in [2.75, 3.05) is 31.1 Å². The molecule has 0 saturated carbocycles. The van der Waals surface area contributed by atoms with Crippen molar-refractivity contribution >= 4 is 53.2 Å². The number of nitrogens with zero attached hydrogens (tertiary/aromatic N) is 4. The molecule has 1 amide bonds. The van der Waals surface area contributed by atoms with Gasteiger partial charge in [-0.2, -0.15) is 4.72 Å². The van der Waals surface area contributed by atoms with Crippen LogP contribution in [0.4, 0.5) is 5.69 Å². The Morgan fingerprint density at radius 2 is 1.22 bits per heavy atom. The fourth-order valence-corrected chi connectivity index (χ4v) is 9.08. The van der Waals surface area contributed by atoms with Crippen molar-refractivity contribution in [1.29, 1.82) is 0 Å². The van der Waals surface area contributed by atoms with Crippen LogP contribution in [0.2, 0.25) is 0 Å². The molecule has 2 aromatic heterocycles. The van der Waals surface area contributed by atoms with Crippen LogP contribution in [0, 0.1) is 0 Å². The number of sulfonamides is 2. The number of para-hydroxylation sites is 1. The first-order chi connectivity index (χ1) is 24.7. The Morgan fingerprint density at radius 3 is 1.82 bits per heavy atom. The van der Waals surface area contributed by atoms with E-state index in [1.54, 1.807) is 84.2 Å². The van der Waals surface area contributed by atoms with Crippen LogP contribution >= 0.6 is 0 Å². The van der Waals surface area contributed by atoms with Crippen molar-refractivity contribution in [3.63, 3.8) is 0 Å². The number of aromatic nitrogens is 2. The SMILES string of the molecule is O=C([C@H](Cc1ccc(CNS(=O)(=O)c2cccc3cnccc23)cc1)NS(=O)(=O)c1cccc2cnccc12)N1CCN(c2ccccc2)CC1. The summed E-state index contributed by atoms with van der Waals surface area (Å²) in [7, 11) is -7.97. The summed E-state index contributed by atoms with van der Waals surface area (Å²) in [6.07, 6.45) is 6.42. The predicted octanol–water partition coefficient (Wildman–Crippen LogP) is 4.50. The van der Waals surface area contributed by atoms with E-state index in [1.807, 2.05) is 36.4 Å². The van der Waals surface area contributed by atoms with Gasteiger partial charge in [0.25, 0.3) is 0 Å². The highest BCUT2D eigenvalue weighted by molar-refractivity contribution is 7.90. The zero-order chi connectivity index (χ0) is 35.4. The number of pyridine rings is 2. The number of piperazine rings is 1. The summed E-state index contributed by atoms with van der Waals surface area (Å²) >= 11 is 0. The molecule has 3 heterocycles. The number of anilines is 1. The van der Waals surface area contributed by atoms with Gasteiger partial charge in [0.2, 0.25) is 26.0 Å². The van der Waals surface area contributed by atoms with Crippen LogP contribution in [0.15, 0.2) is 138 Å². The third kappa shape index (κ3) is 7.61. The van der Waals surface area contributed by atoms with Crippen LogP contribution in [0.1, 0.15) is 11.1 Å². The van der Waals surface area contributed by atoms with E-state index in [1.165, 1.54) is 12.3 Å². The number of benzene rings is 4. The molecule has 11 nitrogen and oxygen atoms in total. The van der Waals surface area contributed by atoms with Crippen LogP contribution in [0.25, 0.3) is 21.5 Å². The minimum atomic E-state index is -4.14. The van der Waals surface area contributed by atoms with Gasteiger partial charge in [-0.15, -0.1) is 0 Å². The van der Waals surface area contributed by atoms with Crippen molar-refractivity contribution in [3.05, 3.63) is 139 Å². The number of hydrogen-bond acceptors (Lipinski definition) is 8. The molecule has 6 aromatic rings. The standard InChI is InChI=1S/C38H36N6O5S2/c45-38(44-22-20-43(21-23-44)32-8-2-1-3-9-32)35(42-51(48,49)37-11-5-7-31-27-40-19-17-34(31)37)24-28-12-14-29(15-13-28)25-41-50(46,47)36-10-4-6-30-26-39-18-16-33(30)36/h1-19,26-27,35,41-42H,20-25H2/t35-/m0/s1. The van der Waals surface area contributed by atoms with Crippen molar-refractivity contribution in [3.8, 4) is 0 Å². The summed E-state index contributed by atoms with van der Waals surface area (Å²) in [4.78, 5) is 26.5. The lowest BCUT2D eigenvalue weighted by Gasteiger charge is -2.37. The largest absolute Gasteiger partial charge is 0.368 e. The number of rotatable bonds is 11. The van der Waals surface area contributed by atoms with Crippen molar-refractivity contribution < 1.29 is 21.6 Å². The van der Waals surface area contributed by atoms with E-state index in [0.29, 0.717) is 53.5 Å². The van der Waals surface area contributed by atoms with Gasteiger partial charge >= 0.3 is 0 Å². The number of nitrogens with one attached hydrogen (secondary N) is 2. The van der Waals surface area contributed by atoms with E-state index in [0.717, 1.165) is 11.1 Å². The molecule has 2 N–H and O–H groups in total. The lowest BCUT2D eigenvalue weighted by atomic mass is 10.0. The minimum absolute atomic E-state index is 0.0424. The maximum absolute atomic E-state index is 14.1. The summed E-state index contributed by atoms with van der Waals surface area (Å²) < 4.78 is 59.7. The van der Waals surface area contributed by atoms with Gasteiger partial charge in [0.05, 0.1) is 9.79 Å². The summed E-state index contributed by atoms with van der Waals surface area (Å²) in [5.41, 5.74) is 2.49. The smallest absolute Gasteiger partial charge is 0.241 e. The first-order valence-corrected chi connectivity index (χ1v) is 19.5. The fraction of sp³-hybridized carbons (Fsp3) is 0.184. The second kappa shape index (κ2) is 14.6. The zero-order valence-corrected chi connectivity index (χ0v) is 29.2. The molecular weight excluding hydrogens is 685 g/mol. The Hall–Kier alpha value is -5.21. The second-order valence-electron chi connectivity index (χ2n) is 12.4. The number of carbonyl (C=O) groups is 1. The van der Waals surface area contributed by atoms with Gasteiger partial charge in [0, 0.05) is 84.7 Å². The third-order valence-electron chi connectivity index (χ3n) is 9.10. The van der Waals surface area contributed by atoms with E-state index < -0.39 is 26.1 Å². The number of hydrogen-bond donors (Lipinski definition) is 2. The molecule has 1 saturated heterocycles. The van der Waals surface area contributed by atoms with Crippen molar-refractivity contribution in [2.45, 2.75) is 28.8 Å². The van der Waals surface area contributed by atoms with Gasteiger partial charge in [-0.3, -0.25) is 14.8 Å². The zero-order valence-electron chi connectivity index (χ0n) is 27.6. The quantitative estimate of drug-likeness (QED) is 0.199. The molecule has 0 radical (unpaired) electrons. The molecule has 1 atom stereocenters.